The molecule has 0 saturated heterocycles. The van der Waals surface area contributed by atoms with Crippen LogP contribution in [0.15, 0.2) is 24.4 Å². The van der Waals surface area contributed by atoms with Crippen molar-refractivity contribution in [3.8, 4) is 23.1 Å². The van der Waals surface area contributed by atoms with Crippen molar-refractivity contribution in [2.24, 2.45) is 7.05 Å². The standard InChI is InChI=1S/C20H26N8O2/c1-20(2,3)30-14-10-15(25-18(22-4)12(14)11-21)24-16-9-13(27-28(16)5)19-23-8-7-17(26-19)29-6/h7-11,21H,1-6H3,(H2,22,24,25). The highest BCUT2D eigenvalue weighted by molar-refractivity contribution is 5.89. The highest BCUT2D eigenvalue weighted by Crippen LogP contribution is 2.31. The first kappa shape index (κ1) is 21.0. The third-order valence-electron chi connectivity index (χ3n) is 4.02. The van der Waals surface area contributed by atoms with Crippen molar-refractivity contribution in [3.05, 3.63) is 30.0 Å². The molecule has 0 spiro atoms. The van der Waals surface area contributed by atoms with Crippen molar-refractivity contribution >= 4 is 23.7 Å². The van der Waals surface area contributed by atoms with Crippen molar-refractivity contribution < 1.29 is 9.47 Å². The van der Waals surface area contributed by atoms with E-state index in [0.717, 1.165) is 0 Å². The lowest BCUT2D eigenvalue weighted by Crippen LogP contribution is -2.24. The number of rotatable bonds is 7. The largest absolute Gasteiger partial charge is 0.487 e. The molecule has 3 aromatic heterocycles. The number of ether oxygens (including phenoxy) is 2. The van der Waals surface area contributed by atoms with Crippen LogP contribution in [-0.2, 0) is 7.05 Å². The summed E-state index contributed by atoms with van der Waals surface area (Å²) in [5, 5.41) is 18.5. The van der Waals surface area contributed by atoms with Gasteiger partial charge in [0, 0.05) is 44.7 Å². The Labute approximate surface area is 175 Å². The molecule has 10 nitrogen and oxygen atoms in total. The summed E-state index contributed by atoms with van der Waals surface area (Å²) in [6, 6.07) is 5.27. The van der Waals surface area contributed by atoms with E-state index in [1.165, 1.54) is 6.21 Å². The van der Waals surface area contributed by atoms with Crippen LogP contribution in [0.2, 0.25) is 0 Å². The summed E-state index contributed by atoms with van der Waals surface area (Å²) in [5.41, 5.74) is 0.744. The van der Waals surface area contributed by atoms with Gasteiger partial charge in [0.05, 0.1) is 12.7 Å². The van der Waals surface area contributed by atoms with Crippen LogP contribution in [0.5, 0.6) is 11.6 Å². The fourth-order valence-electron chi connectivity index (χ4n) is 2.74. The number of hydrogen-bond donors (Lipinski definition) is 3. The molecule has 158 valence electrons. The minimum absolute atomic E-state index is 0.426. The SMILES string of the molecule is CNc1nc(Nc2cc(-c3nccc(OC)n3)nn2C)cc(OC(C)(C)C)c1C=N. The van der Waals surface area contributed by atoms with E-state index >= 15 is 0 Å². The quantitative estimate of drug-likeness (QED) is 0.507. The maximum absolute atomic E-state index is 7.75. The number of aromatic nitrogens is 5. The first-order chi connectivity index (χ1) is 14.2. The molecular weight excluding hydrogens is 384 g/mol. The topological polar surface area (TPSA) is 123 Å². The second kappa shape index (κ2) is 8.36. The molecule has 3 aromatic rings. The van der Waals surface area contributed by atoms with E-state index in [4.69, 9.17) is 14.9 Å². The highest BCUT2D eigenvalue weighted by atomic mass is 16.5. The van der Waals surface area contributed by atoms with E-state index in [9.17, 15) is 0 Å². The number of pyridine rings is 1. The zero-order valence-corrected chi connectivity index (χ0v) is 17.9. The number of hydrogen-bond acceptors (Lipinski definition) is 9. The molecule has 0 aliphatic carbocycles. The maximum atomic E-state index is 7.75. The molecule has 3 heterocycles. The Bertz CT molecular complexity index is 1060. The fraction of sp³-hybridized carbons (Fsp3) is 0.350. The molecule has 0 saturated carbocycles. The third-order valence-corrected chi connectivity index (χ3v) is 4.02. The summed E-state index contributed by atoms with van der Waals surface area (Å²) in [7, 11) is 5.11. The normalized spacial score (nSPS) is 11.1. The summed E-state index contributed by atoms with van der Waals surface area (Å²) in [6.45, 7) is 5.86. The Morgan fingerprint density at radius 2 is 1.97 bits per heavy atom. The lowest BCUT2D eigenvalue weighted by atomic mass is 10.1. The van der Waals surface area contributed by atoms with Crippen LogP contribution in [0.25, 0.3) is 11.5 Å². The van der Waals surface area contributed by atoms with Gasteiger partial charge in [-0.3, -0.25) is 4.68 Å². The van der Waals surface area contributed by atoms with E-state index in [1.54, 1.807) is 37.2 Å². The van der Waals surface area contributed by atoms with Gasteiger partial charge in [0.2, 0.25) is 5.88 Å². The number of nitrogens with zero attached hydrogens (tertiary/aromatic N) is 5. The summed E-state index contributed by atoms with van der Waals surface area (Å²) in [5.74, 6) is 3.25. The Balaban J connectivity index is 1.97. The number of methoxy groups -OCH3 is 1. The lowest BCUT2D eigenvalue weighted by Gasteiger charge is -2.24. The Morgan fingerprint density at radius 3 is 2.60 bits per heavy atom. The Morgan fingerprint density at radius 1 is 1.20 bits per heavy atom. The van der Waals surface area contributed by atoms with Crippen molar-refractivity contribution in [1.82, 2.24) is 24.7 Å². The van der Waals surface area contributed by atoms with E-state index in [2.05, 4.69) is 30.7 Å². The van der Waals surface area contributed by atoms with Crippen molar-refractivity contribution in [3.63, 3.8) is 0 Å². The molecular formula is C20H26N8O2. The minimum Gasteiger partial charge on any atom is -0.487 e. The van der Waals surface area contributed by atoms with Gasteiger partial charge in [0.25, 0.3) is 0 Å². The molecule has 0 unspecified atom stereocenters. The van der Waals surface area contributed by atoms with Crippen LogP contribution in [0.3, 0.4) is 0 Å². The van der Waals surface area contributed by atoms with Gasteiger partial charge >= 0.3 is 0 Å². The zero-order chi connectivity index (χ0) is 21.9. The summed E-state index contributed by atoms with van der Waals surface area (Å²) in [6.07, 6.45) is 2.85. The molecule has 0 bridgehead atoms. The van der Waals surface area contributed by atoms with Gasteiger partial charge in [-0.05, 0) is 20.8 Å². The molecule has 0 amide bonds. The Kier molecular flexibility index (Phi) is 5.86. The molecule has 3 rings (SSSR count). The number of nitrogens with one attached hydrogen (secondary N) is 3. The summed E-state index contributed by atoms with van der Waals surface area (Å²) in [4.78, 5) is 13.1. The summed E-state index contributed by atoms with van der Waals surface area (Å²) >= 11 is 0. The first-order valence-corrected chi connectivity index (χ1v) is 9.35. The van der Waals surface area contributed by atoms with Gasteiger partial charge in [-0.1, -0.05) is 0 Å². The van der Waals surface area contributed by atoms with Gasteiger partial charge in [0.15, 0.2) is 5.82 Å². The van der Waals surface area contributed by atoms with Crippen LogP contribution in [-0.4, -0.2) is 50.7 Å². The van der Waals surface area contributed by atoms with Gasteiger partial charge in [-0.15, -0.1) is 0 Å². The van der Waals surface area contributed by atoms with Crippen LogP contribution >= 0.6 is 0 Å². The second-order valence-electron chi connectivity index (χ2n) is 7.46. The number of aryl methyl sites for hydroxylation is 1. The first-order valence-electron chi connectivity index (χ1n) is 9.35. The smallest absolute Gasteiger partial charge is 0.216 e. The van der Waals surface area contributed by atoms with Gasteiger partial charge < -0.3 is 25.5 Å². The molecule has 0 aliphatic heterocycles. The van der Waals surface area contributed by atoms with Crippen LogP contribution in [0.4, 0.5) is 17.5 Å². The fourth-order valence-corrected chi connectivity index (χ4v) is 2.74. The number of anilines is 3. The predicted molar refractivity (Wildman–Crippen MR) is 116 cm³/mol. The molecule has 0 radical (unpaired) electrons. The van der Waals surface area contributed by atoms with Crippen LogP contribution in [0, 0.1) is 5.41 Å². The van der Waals surface area contributed by atoms with Gasteiger partial charge in [0.1, 0.15) is 34.5 Å². The third kappa shape index (κ3) is 4.65. The monoisotopic (exact) mass is 410 g/mol. The molecule has 0 fully saturated rings. The van der Waals surface area contributed by atoms with E-state index in [1.807, 2.05) is 33.9 Å². The average Bonchev–Trinajstić information content (AvgIpc) is 3.06. The van der Waals surface area contributed by atoms with Crippen LogP contribution in [0.1, 0.15) is 26.3 Å². The minimum atomic E-state index is -0.426. The van der Waals surface area contributed by atoms with Gasteiger partial charge in [-0.2, -0.15) is 10.1 Å². The molecule has 0 aliphatic rings. The molecule has 3 N–H and O–H groups in total. The molecule has 30 heavy (non-hydrogen) atoms. The summed E-state index contributed by atoms with van der Waals surface area (Å²) < 4.78 is 12.9. The van der Waals surface area contributed by atoms with Gasteiger partial charge in [-0.25, -0.2) is 9.97 Å². The molecule has 10 heteroatoms. The maximum Gasteiger partial charge on any atom is 0.216 e. The van der Waals surface area contributed by atoms with E-state index in [0.29, 0.717) is 46.2 Å². The highest BCUT2D eigenvalue weighted by Gasteiger charge is 2.19. The lowest BCUT2D eigenvalue weighted by molar-refractivity contribution is 0.131. The molecule has 0 aromatic carbocycles. The zero-order valence-electron chi connectivity index (χ0n) is 17.9. The van der Waals surface area contributed by atoms with Crippen molar-refractivity contribution in [2.75, 3.05) is 24.8 Å². The van der Waals surface area contributed by atoms with Crippen molar-refractivity contribution in [1.29, 1.82) is 5.41 Å². The Hall–Kier alpha value is -3.69. The van der Waals surface area contributed by atoms with Crippen molar-refractivity contribution in [2.45, 2.75) is 26.4 Å². The van der Waals surface area contributed by atoms with E-state index < -0.39 is 5.60 Å². The predicted octanol–water partition coefficient (Wildman–Crippen LogP) is 3.24. The van der Waals surface area contributed by atoms with E-state index in [-0.39, 0.29) is 0 Å². The molecule has 0 atom stereocenters. The second-order valence-corrected chi connectivity index (χ2v) is 7.46. The average molecular weight is 410 g/mol. The van der Waals surface area contributed by atoms with Crippen LogP contribution < -0.4 is 20.1 Å².